The van der Waals surface area contributed by atoms with Gasteiger partial charge in [0.2, 0.25) is 0 Å². The zero-order valence-corrected chi connectivity index (χ0v) is 17.9. The summed E-state index contributed by atoms with van der Waals surface area (Å²) in [5, 5.41) is 3.46. The van der Waals surface area contributed by atoms with E-state index >= 15 is 0 Å². The molecule has 1 N–H and O–H groups in total. The second kappa shape index (κ2) is 8.55. The highest BCUT2D eigenvalue weighted by molar-refractivity contribution is 7.15. The van der Waals surface area contributed by atoms with Crippen LogP contribution >= 0.6 is 11.3 Å². The number of carbonyl (C=O) groups is 1. The van der Waals surface area contributed by atoms with Gasteiger partial charge in [-0.2, -0.15) is 0 Å². The van der Waals surface area contributed by atoms with Crippen molar-refractivity contribution in [3.8, 4) is 11.5 Å². The summed E-state index contributed by atoms with van der Waals surface area (Å²) in [6.45, 7) is 4.19. The number of hydrogen-bond donors (Lipinski definition) is 1. The highest BCUT2D eigenvalue weighted by atomic mass is 32.1. The van der Waals surface area contributed by atoms with E-state index in [1.165, 1.54) is 34.3 Å². The van der Waals surface area contributed by atoms with E-state index in [2.05, 4.69) is 42.3 Å². The number of ether oxygens (including phenoxy) is 2. The first kappa shape index (κ1) is 19.9. The second-order valence-electron chi connectivity index (χ2n) is 7.18. The molecule has 6 heteroatoms. The van der Waals surface area contributed by atoms with Crippen LogP contribution in [0.3, 0.4) is 0 Å². The predicted octanol–water partition coefficient (Wildman–Crippen LogP) is 5.29. The van der Waals surface area contributed by atoms with Crippen LogP contribution in [0.4, 0.5) is 5.13 Å². The molecule has 30 heavy (non-hydrogen) atoms. The van der Waals surface area contributed by atoms with Crippen molar-refractivity contribution in [1.29, 1.82) is 0 Å². The van der Waals surface area contributed by atoms with Crippen LogP contribution in [-0.2, 0) is 11.2 Å². The van der Waals surface area contributed by atoms with Gasteiger partial charge in [0.15, 0.2) is 5.13 Å². The fourth-order valence-electron chi connectivity index (χ4n) is 3.40. The number of thiazole rings is 1. The Bertz CT molecular complexity index is 1140. The van der Waals surface area contributed by atoms with Crippen molar-refractivity contribution in [3.05, 3.63) is 87.6 Å². The lowest BCUT2D eigenvalue weighted by molar-refractivity contribution is -0.112. The lowest BCUT2D eigenvalue weighted by atomic mass is 10.0. The van der Waals surface area contributed by atoms with Gasteiger partial charge in [-0.05, 0) is 49.8 Å². The number of amides is 1. The van der Waals surface area contributed by atoms with Crippen LogP contribution in [0, 0.1) is 13.8 Å². The molecule has 5 nitrogen and oxygen atoms in total. The Balaban J connectivity index is 1.49. The maximum absolute atomic E-state index is 12.8. The third-order valence-corrected chi connectivity index (χ3v) is 5.58. The van der Waals surface area contributed by atoms with Crippen molar-refractivity contribution in [2.24, 2.45) is 0 Å². The summed E-state index contributed by atoms with van der Waals surface area (Å²) in [7, 11) is 1.60. The van der Waals surface area contributed by atoms with Gasteiger partial charge in [-0.3, -0.25) is 10.1 Å². The van der Waals surface area contributed by atoms with E-state index in [9.17, 15) is 4.79 Å². The lowest BCUT2D eigenvalue weighted by Crippen LogP contribution is -2.12. The number of hydrogen-bond acceptors (Lipinski definition) is 5. The van der Waals surface area contributed by atoms with Crippen LogP contribution in [0.5, 0.6) is 11.5 Å². The van der Waals surface area contributed by atoms with Crippen LogP contribution in [0.1, 0.15) is 27.1 Å². The maximum atomic E-state index is 12.8. The molecule has 4 rings (SSSR count). The van der Waals surface area contributed by atoms with Gasteiger partial charge in [0, 0.05) is 28.6 Å². The van der Waals surface area contributed by atoms with E-state index < -0.39 is 0 Å². The third-order valence-electron chi connectivity index (χ3n) is 4.67. The number of nitrogens with one attached hydrogen (secondary N) is 1. The summed E-state index contributed by atoms with van der Waals surface area (Å²) in [6.07, 6.45) is 7.54. The standard InChI is InChI=1S/C24H22N2O3S/c1-15-8-16(2)10-17(9-15)11-21-14-25-24(30-21)26-23(27)18-6-7-29-22-5-4-20(28-3)13-19(22)12-18/h4-10,12-14H,11H2,1-3H3,(H,25,26,27). The minimum atomic E-state index is -0.238. The molecule has 0 radical (unpaired) electrons. The minimum Gasteiger partial charge on any atom is -0.497 e. The van der Waals surface area contributed by atoms with Gasteiger partial charge >= 0.3 is 0 Å². The Hall–Kier alpha value is -3.38. The van der Waals surface area contributed by atoms with Gasteiger partial charge in [0.25, 0.3) is 5.91 Å². The van der Waals surface area contributed by atoms with Gasteiger partial charge in [0.1, 0.15) is 11.5 Å². The SMILES string of the molecule is COc1ccc2c(c1)C=C(C(=O)Nc1ncc(Cc3cc(C)cc(C)c3)s1)C=CO2. The summed E-state index contributed by atoms with van der Waals surface area (Å²) in [5.41, 5.74) is 4.99. The molecule has 1 aliphatic rings. The molecular weight excluding hydrogens is 396 g/mol. The largest absolute Gasteiger partial charge is 0.497 e. The van der Waals surface area contributed by atoms with Gasteiger partial charge in [-0.15, -0.1) is 11.3 Å². The lowest BCUT2D eigenvalue weighted by Gasteiger charge is -2.06. The Labute approximate surface area is 179 Å². The van der Waals surface area contributed by atoms with Crippen molar-refractivity contribution >= 4 is 28.5 Å². The zero-order chi connectivity index (χ0) is 21.1. The Morgan fingerprint density at radius 2 is 1.97 bits per heavy atom. The van der Waals surface area contributed by atoms with Crippen LogP contribution in [0.25, 0.3) is 6.08 Å². The quantitative estimate of drug-likeness (QED) is 0.612. The molecule has 152 valence electrons. The molecule has 1 amide bonds. The molecule has 2 aromatic carbocycles. The normalized spacial score (nSPS) is 12.4. The summed E-state index contributed by atoms with van der Waals surface area (Å²) in [6, 6.07) is 12.0. The molecule has 0 saturated carbocycles. The Morgan fingerprint density at radius 1 is 1.17 bits per heavy atom. The predicted molar refractivity (Wildman–Crippen MR) is 120 cm³/mol. The van der Waals surface area contributed by atoms with Crippen molar-refractivity contribution in [1.82, 2.24) is 4.98 Å². The number of aryl methyl sites for hydroxylation is 2. The molecule has 0 fully saturated rings. The molecule has 2 heterocycles. The topological polar surface area (TPSA) is 60.5 Å². The van der Waals surface area contributed by atoms with E-state index in [0.29, 0.717) is 22.2 Å². The summed E-state index contributed by atoms with van der Waals surface area (Å²) >= 11 is 1.48. The van der Waals surface area contributed by atoms with Gasteiger partial charge in [0.05, 0.1) is 13.4 Å². The van der Waals surface area contributed by atoms with Crippen molar-refractivity contribution < 1.29 is 14.3 Å². The fourth-order valence-corrected chi connectivity index (χ4v) is 4.24. The molecular formula is C24H22N2O3S. The highest BCUT2D eigenvalue weighted by Gasteiger charge is 2.15. The average molecular weight is 419 g/mol. The molecule has 0 aliphatic carbocycles. The highest BCUT2D eigenvalue weighted by Crippen LogP contribution is 2.29. The van der Waals surface area contributed by atoms with Gasteiger partial charge in [-0.25, -0.2) is 4.98 Å². The first-order valence-electron chi connectivity index (χ1n) is 9.56. The third kappa shape index (κ3) is 4.60. The first-order chi connectivity index (χ1) is 14.5. The number of aromatic nitrogens is 1. The van der Waals surface area contributed by atoms with Crippen LogP contribution in [0.2, 0.25) is 0 Å². The molecule has 1 aromatic heterocycles. The monoisotopic (exact) mass is 418 g/mol. The number of rotatable bonds is 5. The Morgan fingerprint density at radius 3 is 2.73 bits per heavy atom. The molecule has 0 saturated heterocycles. The number of nitrogens with zero attached hydrogens (tertiary/aromatic N) is 1. The smallest absolute Gasteiger partial charge is 0.257 e. The fraction of sp³-hybridized carbons (Fsp3) is 0.167. The second-order valence-corrected chi connectivity index (χ2v) is 8.30. The van der Waals surface area contributed by atoms with Gasteiger partial charge < -0.3 is 9.47 Å². The molecule has 0 bridgehead atoms. The van der Waals surface area contributed by atoms with Crippen LogP contribution in [-0.4, -0.2) is 18.0 Å². The van der Waals surface area contributed by atoms with Crippen molar-refractivity contribution in [2.45, 2.75) is 20.3 Å². The Kier molecular flexibility index (Phi) is 5.68. The molecule has 0 atom stereocenters. The molecule has 0 unspecified atom stereocenters. The number of carbonyl (C=O) groups excluding carboxylic acids is 1. The summed E-state index contributed by atoms with van der Waals surface area (Å²) < 4.78 is 10.9. The summed E-state index contributed by atoms with van der Waals surface area (Å²) in [5.74, 6) is 1.13. The number of benzene rings is 2. The van der Waals surface area contributed by atoms with Gasteiger partial charge in [-0.1, -0.05) is 29.3 Å². The van der Waals surface area contributed by atoms with Crippen LogP contribution < -0.4 is 14.8 Å². The number of anilines is 1. The maximum Gasteiger partial charge on any atom is 0.257 e. The molecule has 3 aromatic rings. The minimum absolute atomic E-state index is 0.238. The van der Waals surface area contributed by atoms with E-state index in [1.807, 2.05) is 24.4 Å². The van der Waals surface area contributed by atoms with Crippen molar-refractivity contribution in [2.75, 3.05) is 12.4 Å². The average Bonchev–Trinajstić information content (AvgIpc) is 3.02. The zero-order valence-electron chi connectivity index (χ0n) is 17.1. The van der Waals surface area contributed by atoms with Crippen LogP contribution in [0.15, 0.2) is 60.5 Å². The number of fused-ring (bicyclic) bond motifs is 1. The van der Waals surface area contributed by atoms with E-state index in [1.54, 1.807) is 19.3 Å². The van der Waals surface area contributed by atoms with E-state index in [0.717, 1.165) is 16.9 Å². The summed E-state index contributed by atoms with van der Waals surface area (Å²) in [4.78, 5) is 18.3. The first-order valence-corrected chi connectivity index (χ1v) is 10.4. The number of methoxy groups -OCH3 is 1. The van der Waals surface area contributed by atoms with Crippen molar-refractivity contribution in [3.63, 3.8) is 0 Å². The van der Waals surface area contributed by atoms with E-state index in [-0.39, 0.29) is 5.91 Å². The van der Waals surface area contributed by atoms with E-state index in [4.69, 9.17) is 9.47 Å². The molecule has 1 aliphatic heterocycles. The molecule has 0 spiro atoms.